The molecule has 0 radical (unpaired) electrons. The number of imide groups is 1. The van der Waals surface area contributed by atoms with Crippen LogP contribution >= 0.6 is 11.6 Å². The van der Waals surface area contributed by atoms with E-state index in [1.807, 2.05) is 52.0 Å². The number of nitriles is 1. The number of likely N-dealkylation sites (tertiary alicyclic amines) is 2. The van der Waals surface area contributed by atoms with E-state index >= 15 is 0 Å². The second kappa shape index (κ2) is 15.6. The molecule has 15 nitrogen and oxygen atoms in total. The summed E-state index contributed by atoms with van der Waals surface area (Å²) in [6, 6.07) is 14.8. The number of fused-ring (bicyclic) bond motifs is 1. The van der Waals surface area contributed by atoms with Crippen molar-refractivity contribution >= 4 is 51.7 Å². The normalized spacial score (nSPS) is 24.7. The molecule has 4 aromatic rings. The maximum Gasteiger partial charge on any atom is 0.278 e. The maximum absolute atomic E-state index is 14.4. The summed E-state index contributed by atoms with van der Waals surface area (Å²) in [5.41, 5.74) is 6.16. The zero-order chi connectivity index (χ0) is 43.7. The van der Waals surface area contributed by atoms with Crippen LogP contribution in [0.5, 0.6) is 5.75 Å². The first kappa shape index (κ1) is 41.7. The van der Waals surface area contributed by atoms with E-state index < -0.39 is 46.4 Å². The second-order valence-electron chi connectivity index (χ2n) is 19.4. The summed E-state index contributed by atoms with van der Waals surface area (Å²) in [7, 11) is 0. The number of carbonyl (C=O) groups is 3. The highest BCUT2D eigenvalue weighted by Crippen LogP contribution is 2.59. The van der Waals surface area contributed by atoms with E-state index in [1.165, 1.54) is 9.58 Å². The summed E-state index contributed by atoms with van der Waals surface area (Å²) >= 11 is 6.29. The van der Waals surface area contributed by atoms with Crippen molar-refractivity contribution in [3.8, 4) is 11.8 Å². The minimum absolute atomic E-state index is 0.0850. The minimum atomic E-state index is -0.979. The average molecular weight is 861 g/mol. The number of nitrogens with two attached hydrogens (primary N) is 1. The van der Waals surface area contributed by atoms with Gasteiger partial charge in [-0.15, -0.1) is 5.10 Å². The monoisotopic (exact) mass is 860 g/mol. The third kappa shape index (κ3) is 7.24. The molecule has 1 spiro atoms. The molecule has 0 bridgehead atoms. The number of anilines is 2. The number of nitrogens with zero attached hydrogens (tertiary/aromatic N) is 9. The van der Waals surface area contributed by atoms with E-state index in [9.17, 15) is 24.4 Å². The Morgan fingerprint density at radius 3 is 2.31 bits per heavy atom. The largest absolute Gasteiger partial charge is 0.489 e. The van der Waals surface area contributed by atoms with Gasteiger partial charge in [0.2, 0.25) is 11.8 Å². The van der Waals surface area contributed by atoms with Crippen LogP contribution in [0.15, 0.2) is 59.5 Å². The van der Waals surface area contributed by atoms with Crippen molar-refractivity contribution in [3.05, 3.63) is 81.2 Å². The van der Waals surface area contributed by atoms with Crippen LogP contribution in [0.2, 0.25) is 5.02 Å². The predicted molar refractivity (Wildman–Crippen MR) is 234 cm³/mol. The van der Waals surface area contributed by atoms with Gasteiger partial charge in [0.15, 0.2) is 0 Å². The molecule has 4 saturated heterocycles. The number of aromatic nitrogens is 4. The van der Waals surface area contributed by atoms with E-state index in [0.717, 1.165) is 83.0 Å². The first-order valence-corrected chi connectivity index (χ1v) is 22.1. The van der Waals surface area contributed by atoms with E-state index in [4.69, 9.17) is 22.1 Å². The Bertz CT molecular complexity index is 2510. The lowest BCUT2D eigenvalue weighted by atomic mass is 9.48. The molecule has 2 N–H and O–H groups in total. The number of halogens is 1. The lowest BCUT2D eigenvalue weighted by Crippen LogP contribution is -2.77. The van der Waals surface area contributed by atoms with Gasteiger partial charge in [0.25, 0.3) is 11.5 Å². The highest BCUT2D eigenvalue weighted by atomic mass is 35.5. The van der Waals surface area contributed by atoms with E-state index in [1.54, 1.807) is 30.5 Å². The van der Waals surface area contributed by atoms with Crippen molar-refractivity contribution in [1.29, 1.82) is 5.26 Å². The van der Waals surface area contributed by atoms with Gasteiger partial charge in [0.1, 0.15) is 35.3 Å². The first-order chi connectivity index (χ1) is 29.6. The number of ether oxygens (including phenoxy) is 1. The van der Waals surface area contributed by atoms with E-state index in [2.05, 4.69) is 36.1 Å². The quantitative estimate of drug-likeness (QED) is 0.218. The highest BCUT2D eigenvalue weighted by Gasteiger charge is 2.68. The number of hydrogen-bond acceptors (Lipinski definition) is 12. The molecule has 16 heteroatoms. The molecule has 1 saturated carbocycles. The van der Waals surface area contributed by atoms with Gasteiger partial charge < -0.3 is 25.2 Å². The molecule has 9 rings (SSSR count). The zero-order valence-electron chi connectivity index (χ0n) is 35.7. The molecule has 6 heterocycles. The summed E-state index contributed by atoms with van der Waals surface area (Å²) in [5.74, 6) is 0.820. The molecule has 1 atom stereocenters. The van der Waals surface area contributed by atoms with E-state index in [0.29, 0.717) is 39.1 Å². The van der Waals surface area contributed by atoms with Crippen molar-refractivity contribution < 1.29 is 19.1 Å². The van der Waals surface area contributed by atoms with Gasteiger partial charge >= 0.3 is 0 Å². The van der Waals surface area contributed by atoms with Crippen LogP contribution < -0.4 is 25.8 Å². The van der Waals surface area contributed by atoms with Crippen molar-refractivity contribution in [3.63, 3.8) is 0 Å². The Labute approximate surface area is 365 Å². The molecule has 1 unspecified atom stereocenters. The van der Waals surface area contributed by atoms with Gasteiger partial charge in [-0.2, -0.15) is 9.94 Å². The number of primary amides is 1. The topological polar surface area (TPSA) is 184 Å². The van der Waals surface area contributed by atoms with Gasteiger partial charge in [0.05, 0.1) is 27.6 Å². The van der Waals surface area contributed by atoms with Crippen LogP contribution in [0, 0.1) is 33.5 Å². The SMILES string of the molecule is CC1(C)C(Oc2ccc(C#N)c(Cl)c2)C(C)(C)C1N1C(=O)CCC(n2nnc3ccc(N4CCC5(CC4)CN(CC4CCN(c6ccc(C(N)=O)cn6)CC4)C5)cc3c2=O)C1=O. The number of piperidine rings is 3. The minimum Gasteiger partial charge on any atom is -0.489 e. The number of amides is 3. The lowest BCUT2D eigenvalue weighted by Gasteiger charge is -2.65. The Morgan fingerprint density at radius 1 is 0.935 bits per heavy atom. The van der Waals surface area contributed by atoms with Gasteiger partial charge in [0, 0.05) is 81.0 Å². The fraction of sp³-hybridized carbons (Fsp3) is 0.522. The molecule has 2 aromatic heterocycles. The number of rotatable bonds is 9. The van der Waals surface area contributed by atoms with Gasteiger partial charge in [-0.25, -0.2) is 4.98 Å². The third-order valence-corrected chi connectivity index (χ3v) is 14.8. The van der Waals surface area contributed by atoms with Gasteiger partial charge in [-0.3, -0.25) is 24.1 Å². The fourth-order valence-corrected chi connectivity index (χ4v) is 11.8. The van der Waals surface area contributed by atoms with Crippen molar-refractivity contribution in [2.24, 2.45) is 27.9 Å². The Kier molecular flexibility index (Phi) is 10.5. The van der Waals surface area contributed by atoms with Crippen LogP contribution in [0.4, 0.5) is 11.5 Å². The molecule has 3 amide bonds. The Balaban J connectivity index is 0.822. The molecule has 1 aliphatic carbocycles. The summed E-state index contributed by atoms with van der Waals surface area (Å²) in [6.07, 6.45) is 5.78. The van der Waals surface area contributed by atoms with Crippen LogP contribution in [-0.4, -0.2) is 105 Å². The number of hydrogen-bond donors (Lipinski definition) is 1. The number of carbonyl (C=O) groups excluding carboxylic acids is 3. The molecular formula is C46H53ClN10O5. The molecule has 5 aliphatic rings. The van der Waals surface area contributed by atoms with Crippen LogP contribution in [0.3, 0.4) is 0 Å². The first-order valence-electron chi connectivity index (χ1n) is 21.7. The fourth-order valence-electron chi connectivity index (χ4n) is 11.6. The maximum atomic E-state index is 14.4. The smallest absolute Gasteiger partial charge is 0.278 e. The highest BCUT2D eigenvalue weighted by molar-refractivity contribution is 6.31. The summed E-state index contributed by atoms with van der Waals surface area (Å²) in [4.78, 5) is 66.7. The lowest BCUT2D eigenvalue weighted by molar-refractivity contribution is -0.216. The van der Waals surface area contributed by atoms with Crippen molar-refractivity contribution in [1.82, 2.24) is 29.8 Å². The standard InChI is InChI=1S/C46H53ClN10O5/c1-44(2)42(45(3,4)43(44)62-32-8-5-29(23-48)34(47)22-32)56-38(58)12-10-36(41(56)61)57-40(60)33-21-31(7-9-35(33)51-52-57)54-19-15-46(16-20-54)26-53(27-46)25-28-13-17-55(18-14-28)37-11-6-30(24-50-37)39(49)59/h5-9,11,21-22,24,28,36,42-43H,10,12-20,25-27H2,1-4H3,(H2,49,59). The summed E-state index contributed by atoms with van der Waals surface area (Å²) in [6.45, 7) is 14.9. The molecule has 5 fully saturated rings. The molecule has 4 aliphatic heterocycles. The average Bonchev–Trinajstić information content (AvgIpc) is 3.24. The Hall–Kier alpha value is -5.59. The molecular weight excluding hydrogens is 808 g/mol. The molecule has 62 heavy (non-hydrogen) atoms. The zero-order valence-corrected chi connectivity index (χ0v) is 36.5. The van der Waals surface area contributed by atoms with Crippen LogP contribution in [0.25, 0.3) is 10.9 Å². The molecule has 324 valence electrons. The third-order valence-electron chi connectivity index (χ3n) is 14.5. The Morgan fingerprint density at radius 2 is 1.66 bits per heavy atom. The van der Waals surface area contributed by atoms with Crippen LogP contribution in [0.1, 0.15) is 88.2 Å². The number of benzene rings is 2. The second-order valence-corrected chi connectivity index (χ2v) is 19.8. The summed E-state index contributed by atoms with van der Waals surface area (Å²) in [5, 5.41) is 18.6. The van der Waals surface area contributed by atoms with Crippen LogP contribution in [-0.2, 0) is 9.59 Å². The van der Waals surface area contributed by atoms with Gasteiger partial charge in [-0.1, -0.05) is 44.5 Å². The predicted octanol–water partition coefficient (Wildman–Crippen LogP) is 5.20. The number of pyridine rings is 1. The summed E-state index contributed by atoms with van der Waals surface area (Å²) < 4.78 is 7.61. The van der Waals surface area contributed by atoms with E-state index in [-0.39, 0.29) is 23.8 Å². The van der Waals surface area contributed by atoms with Crippen molar-refractivity contribution in [2.75, 3.05) is 55.6 Å². The van der Waals surface area contributed by atoms with Crippen molar-refractivity contribution in [2.45, 2.75) is 84.4 Å². The van der Waals surface area contributed by atoms with Gasteiger partial charge in [-0.05, 0) is 85.9 Å². The molecule has 2 aromatic carbocycles.